The molecule has 2 aliphatic rings. The van der Waals surface area contributed by atoms with E-state index in [0.717, 1.165) is 25.7 Å². The summed E-state index contributed by atoms with van der Waals surface area (Å²) in [5, 5.41) is 0. The Bertz CT molecular complexity index is 1420. The number of hydrogen-bond donors (Lipinski definition) is 0. The normalized spacial score (nSPS) is 15.5. The van der Waals surface area contributed by atoms with E-state index in [4.69, 9.17) is 0 Å². The molecular formula is C36H36Ge. The Kier molecular flexibility index (Phi) is 6.33. The topological polar surface area (TPSA) is 0 Å². The molecule has 6 rings (SSSR count). The summed E-state index contributed by atoms with van der Waals surface area (Å²) in [5.74, 6) is 0. The molecule has 1 heteroatoms. The summed E-state index contributed by atoms with van der Waals surface area (Å²) in [6.07, 6.45) is 4.59. The SMILES string of the molecule is CCC1=[C](CC)[Ge]2([C](CC)=C1CC)[c]1cc(-c3ccccc3)ccc1-c1ccc(-c3ccccc3)c[c]12. The van der Waals surface area contributed by atoms with Crippen LogP contribution in [0.25, 0.3) is 33.4 Å². The molecule has 0 nitrogen and oxygen atoms in total. The second kappa shape index (κ2) is 9.65. The van der Waals surface area contributed by atoms with Gasteiger partial charge in [0.2, 0.25) is 0 Å². The van der Waals surface area contributed by atoms with Crippen molar-refractivity contribution >= 4 is 22.1 Å². The fourth-order valence-electron chi connectivity index (χ4n) is 7.40. The minimum atomic E-state index is -3.06. The van der Waals surface area contributed by atoms with Crippen LogP contribution in [0.5, 0.6) is 0 Å². The molecule has 0 amide bonds. The van der Waals surface area contributed by atoms with Crippen LogP contribution in [0.1, 0.15) is 53.4 Å². The van der Waals surface area contributed by atoms with Crippen LogP contribution in [0.2, 0.25) is 0 Å². The molecule has 0 fully saturated rings. The minimum absolute atomic E-state index is 1.14. The second-order valence-electron chi connectivity index (χ2n) is 10.3. The first-order chi connectivity index (χ1) is 18.2. The molecule has 0 atom stereocenters. The van der Waals surface area contributed by atoms with E-state index >= 15 is 0 Å². The summed E-state index contributed by atoms with van der Waals surface area (Å²) < 4.78 is 6.97. The molecule has 1 spiro atoms. The van der Waals surface area contributed by atoms with Gasteiger partial charge >= 0.3 is 226 Å². The molecule has 0 radical (unpaired) electrons. The van der Waals surface area contributed by atoms with Gasteiger partial charge in [-0.25, -0.2) is 0 Å². The van der Waals surface area contributed by atoms with E-state index in [-0.39, 0.29) is 0 Å². The first kappa shape index (κ1) is 24.3. The van der Waals surface area contributed by atoms with Crippen molar-refractivity contribution in [2.75, 3.05) is 0 Å². The fourth-order valence-corrected chi connectivity index (χ4v) is 21.2. The van der Waals surface area contributed by atoms with E-state index in [2.05, 4.69) is 125 Å². The van der Waals surface area contributed by atoms with Crippen molar-refractivity contribution in [2.24, 2.45) is 0 Å². The zero-order valence-corrected chi connectivity index (χ0v) is 24.7. The number of fused-ring (bicyclic) bond motifs is 5. The van der Waals surface area contributed by atoms with E-state index in [9.17, 15) is 0 Å². The zero-order chi connectivity index (χ0) is 25.6. The van der Waals surface area contributed by atoms with Crippen LogP contribution in [0.15, 0.2) is 117 Å². The Morgan fingerprint density at radius 2 is 0.838 bits per heavy atom. The van der Waals surface area contributed by atoms with Crippen LogP contribution in [0.4, 0.5) is 0 Å². The van der Waals surface area contributed by atoms with Gasteiger partial charge in [0.25, 0.3) is 0 Å². The average molecular weight is 541 g/mol. The third-order valence-electron chi connectivity index (χ3n) is 8.76. The van der Waals surface area contributed by atoms with Crippen molar-refractivity contribution in [3.63, 3.8) is 0 Å². The number of allylic oxidation sites excluding steroid dienone is 4. The van der Waals surface area contributed by atoms with Gasteiger partial charge in [0, 0.05) is 0 Å². The predicted molar refractivity (Wildman–Crippen MR) is 163 cm³/mol. The summed E-state index contributed by atoms with van der Waals surface area (Å²) in [7, 11) is 0. The van der Waals surface area contributed by atoms with Gasteiger partial charge in [0.05, 0.1) is 0 Å². The molecule has 0 saturated heterocycles. The second-order valence-corrected chi connectivity index (χ2v) is 18.3. The monoisotopic (exact) mass is 542 g/mol. The fraction of sp³-hybridized carbons (Fsp3) is 0.222. The van der Waals surface area contributed by atoms with E-state index in [1.54, 1.807) is 19.9 Å². The summed E-state index contributed by atoms with van der Waals surface area (Å²) >= 11 is -3.06. The summed E-state index contributed by atoms with van der Waals surface area (Å²) in [5.41, 5.74) is 11.7. The van der Waals surface area contributed by atoms with Crippen molar-refractivity contribution < 1.29 is 0 Å². The standard InChI is InChI=1S/C36H36Ge/c1-5-29-30(6-2)34(8-4)37(33(29)7-3)35-23-27(25-15-11-9-12-16-25)19-21-31(35)32-22-20-28(24-36(32)37)26-17-13-10-14-18-26/h9-24H,5-8H2,1-4H3. The summed E-state index contributed by atoms with van der Waals surface area (Å²) in [6.45, 7) is 9.60. The van der Waals surface area contributed by atoms with E-state index in [1.807, 2.05) is 8.81 Å². The third-order valence-corrected chi connectivity index (χ3v) is 20.4. The first-order valence-electron chi connectivity index (χ1n) is 14.0. The van der Waals surface area contributed by atoms with Gasteiger partial charge in [-0.3, -0.25) is 0 Å². The van der Waals surface area contributed by atoms with Gasteiger partial charge < -0.3 is 0 Å². The Morgan fingerprint density at radius 1 is 0.432 bits per heavy atom. The van der Waals surface area contributed by atoms with Crippen LogP contribution in [0.3, 0.4) is 0 Å². The molecule has 4 aromatic carbocycles. The molecular weight excluding hydrogens is 505 g/mol. The van der Waals surface area contributed by atoms with E-state index in [0.29, 0.717) is 0 Å². The van der Waals surface area contributed by atoms with E-state index < -0.39 is 13.3 Å². The molecule has 0 N–H and O–H groups in total. The van der Waals surface area contributed by atoms with Crippen LogP contribution in [0, 0.1) is 0 Å². The maximum atomic E-state index is 2.60. The van der Waals surface area contributed by atoms with Gasteiger partial charge in [-0.15, -0.1) is 0 Å². The van der Waals surface area contributed by atoms with Gasteiger partial charge in [0.1, 0.15) is 0 Å². The molecule has 0 unspecified atom stereocenters. The first-order valence-corrected chi connectivity index (χ1v) is 18.2. The number of hydrogen-bond acceptors (Lipinski definition) is 0. The number of benzene rings is 4. The molecule has 2 heterocycles. The van der Waals surface area contributed by atoms with Gasteiger partial charge in [-0.05, 0) is 0 Å². The molecule has 0 aliphatic carbocycles. The Hall–Kier alpha value is -3.10. The molecule has 0 aromatic heterocycles. The van der Waals surface area contributed by atoms with Crippen LogP contribution >= 0.6 is 0 Å². The van der Waals surface area contributed by atoms with Crippen molar-refractivity contribution in [1.82, 2.24) is 0 Å². The Morgan fingerprint density at radius 3 is 1.19 bits per heavy atom. The number of rotatable bonds is 6. The summed E-state index contributed by atoms with van der Waals surface area (Å²) in [4.78, 5) is 0. The van der Waals surface area contributed by atoms with Crippen molar-refractivity contribution in [3.8, 4) is 33.4 Å². The van der Waals surface area contributed by atoms with E-state index in [1.165, 1.54) is 33.4 Å². The maximum absolute atomic E-state index is 3.06. The Labute approximate surface area is 225 Å². The molecule has 0 bridgehead atoms. The zero-order valence-electron chi connectivity index (χ0n) is 22.6. The van der Waals surface area contributed by atoms with Gasteiger partial charge in [0.15, 0.2) is 0 Å². The van der Waals surface area contributed by atoms with Crippen LogP contribution in [-0.2, 0) is 0 Å². The van der Waals surface area contributed by atoms with Gasteiger partial charge in [-0.1, -0.05) is 0 Å². The van der Waals surface area contributed by atoms with Crippen molar-refractivity contribution in [3.05, 3.63) is 117 Å². The summed E-state index contributed by atoms with van der Waals surface area (Å²) in [6, 6.07) is 36.7. The van der Waals surface area contributed by atoms with Crippen molar-refractivity contribution in [2.45, 2.75) is 53.4 Å². The van der Waals surface area contributed by atoms with Crippen LogP contribution in [-0.4, -0.2) is 13.3 Å². The predicted octanol–water partition coefficient (Wildman–Crippen LogP) is 8.89. The van der Waals surface area contributed by atoms with Gasteiger partial charge in [-0.2, -0.15) is 0 Å². The molecule has 37 heavy (non-hydrogen) atoms. The molecule has 184 valence electrons. The molecule has 0 saturated carbocycles. The molecule has 2 aliphatic heterocycles. The van der Waals surface area contributed by atoms with Crippen molar-refractivity contribution in [1.29, 1.82) is 0 Å². The average Bonchev–Trinajstić information content (AvgIpc) is 3.42. The molecule has 4 aromatic rings. The Balaban J connectivity index is 1.72. The quantitative estimate of drug-likeness (QED) is 0.214. The van der Waals surface area contributed by atoms with Crippen LogP contribution < -0.4 is 8.79 Å². The third kappa shape index (κ3) is 3.49.